The maximum atomic E-state index is 13.1. The van der Waals surface area contributed by atoms with Crippen molar-refractivity contribution < 1.29 is 21.6 Å². The van der Waals surface area contributed by atoms with Crippen LogP contribution in [0.25, 0.3) is 0 Å². The molecule has 0 aromatic heterocycles. The highest BCUT2D eigenvalue weighted by Crippen LogP contribution is 2.37. The fourth-order valence-electron chi connectivity index (χ4n) is 2.47. The summed E-state index contributed by atoms with van der Waals surface area (Å²) in [6, 6.07) is 2.70. The molecule has 1 aromatic rings. The van der Waals surface area contributed by atoms with Gasteiger partial charge in [0.05, 0.1) is 10.5 Å². The highest BCUT2D eigenvalue weighted by molar-refractivity contribution is 7.89. The van der Waals surface area contributed by atoms with Crippen LogP contribution in [0.4, 0.5) is 13.2 Å². The molecule has 0 amide bonds. The van der Waals surface area contributed by atoms with Crippen LogP contribution in [0.2, 0.25) is 5.02 Å². The Morgan fingerprint density at radius 1 is 1.27 bits per heavy atom. The Hall–Kier alpha value is -0.830. The van der Waals surface area contributed by atoms with E-state index in [1.165, 1.54) is 0 Å². The molecule has 1 aliphatic rings. The van der Waals surface area contributed by atoms with Gasteiger partial charge in [-0.05, 0) is 43.5 Å². The standard InChI is InChI=1S/C13H16ClF3N2O2S/c14-10-1-2-12(11(7-10)13(15,16)17)22(20,21)19-5-3-9(8-18)4-6-19/h1-2,7,9H,3-6,8,18H2. The van der Waals surface area contributed by atoms with Crippen molar-refractivity contribution in [2.45, 2.75) is 23.9 Å². The molecule has 1 fully saturated rings. The van der Waals surface area contributed by atoms with Crippen LogP contribution in [0.3, 0.4) is 0 Å². The molecule has 1 saturated heterocycles. The van der Waals surface area contributed by atoms with E-state index in [4.69, 9.17) is 17.3 Å². The number of alkyl halides is 3. The zero-order valence-corrected chi connectivity index (χ0v) is 13.2. The van der Waals surface area contributed by atoms with E-state index in [-0.39, 0.29) is 24.0 Å². The van der Waals surface area contributed by atoms with Gasteiger partial charge in [-0.2, -0.15) is 17.5 Å². The molecule has 0 spiro atoms. The van der Waals surface area contributed by atoms with Gasteiger partial charge in [-0.3, -0.25) is 0 Å². The minimum Gasteiger partial charge on any atom is -0.330 e. The number of piperidine rings is 1. The SMILES string of the molecule is NCC1CCN(S(=O)(=O)c2ccc(Cl)cc2C(F)(F)F)CC1. The van der Waals surface area contributed by atoms with Crippen molar-refractivity contribution >= 4 is 21.6 Å². The van der Waals surface area contributed by atoms with Gasteiger partial charge in [-0.25, -0.2) is 8.42 Å². The van der Waals surface area contributed by atoms with Crippen LogP contribution >= 0.6 is 11.6 Å². The van der Waals surface area contributed by atoms with Crippen LogP contribution in [0.5, 0.6) is 0 Å². The molecule has 0 unspecified atom stereocenters. The van der Waals surface area contributed by atoms with Crippen LogP contribution in [-0.2, 0) is 16.2 Å². The van der Waals surface area contributed by atoms with E-state index >= 15 is 0 Å². The van der Waals surface area contributed by atoms with E-state index in [0.717, 1.165) is 16.4 Å². The molecule has 0 bridgehead atoms. The van der Waals surface area contributed by atoms with Crippen LogP contribution < -0.4 is 5.73 Å². The third-order valence-electron chi connectivity index (χ3n) is 3.77. The molecule has 22 heavy (non-hydrogen) atoms. The van der Waals surface area contributed by atoms with Gasteiger partial charge in [0.2, 0.25) is 10.0 Å². The number of nitrogens with zero attached hydrogens (tertiary/aromatic N) is 1. The number of halogens is 4. The number of nitrogens with two attached hydrogens (primary N) is 1. The number of sulfonamides is 1. The summed E-state index contributed by atoms with van der Waals surface area (Å²) in [5, 5.41) is -0.159. The average Bonchev–Trinajstić information content (AvgIpc) is 2.46. The summed E-state index contributed by atoms with van der Waals surface area (Å²) in [4.78, 5) is -0.754. The van der Waals surface area contributed by atoms with Crippen LogP contribution in [0.15, 0.2) is 23.1 Å². The predicted octanol–water partition coefficient (Wildman–Crippen LogP) is 2.72. The Morgan fingerprint density at radius 2 is 1.86 bits per heavy atom. The van der Waals surface area contributed by atoms with E-state index < -0.39 is 26.7 Å². The maximum Gasteiger partial charge on any atom is 0.417 e. The highest BCUT2D eigenvalue weighted by atomic mass is 35.5. The zero-order chi connectivity index (χ0) is 16.5. The molecule has 4 nitrogen and oxygen atoms in total. The zero-order valence-electron chi connectivity index (χ0n) is 11.6. The van der Waals surface area contributed by atoms with Crippen LogP contribution in [-0.4, -0.2) is 32.4 Å². The third-order valence-corrected chi connectivity index (χ3v) is 5.96. The molecule has 124 valence electrons. The summed E-state index contributed by atoms with van der Waals surface area (Å²) in [5.41, 5.74) is 4.30. The second-order valence-electron chi connectivity index (χ2n) is 5.22. The van der Waals surface area contributed by atoms with Crippen molar-refractivity contribution in [1.82, 2.24) is 4.31 Å². The third kappa shape index (κ3) is 3.56. The number of rotatable bonds is 3. The van der Waals surface area contributed by atoms with Gasteiger partial charge in [0.15, 0.2) is 0 Å². The molecule has 2 rings (SSSR count). The minimum absolute atomic E-state index is 0.159. The largest absolute Gasteiger partial charge is 0.417 e. The molecule has 0 atom stereocenters. The van der Waals surface area contributed by atoms with E-state index in [1.807, 2.05) is 0 Å². The summed E-state index contributed by atoms with van der Waals surface area (Å²) in [6.07, 6.45) is -3.70. The minimum atomic E-state index is -4.79. The number of hydrogen-bond acceptors (Lipinski definition) is 3. The maximum absolute atomic E-state index is 13.1. The van der Waals surface area contributed by atoms with E-state index in [0.29, 0.717) is 25.5 Å². The smallest absolute Gasteiger partial charge is 0.330 e. The Balaban J connectivity index is 2.38. The lowest BCUT2D eigenvalue weighted by Crippen LogP contribution is -2.40. The predicted molar refractivity (Wildman–Crippen MR) is 77.0 cm³/mol. The van der Waals surface area contributed by atoms with Gasteiger partial charge in [-0.1, -0.05) is 11.6 Å². The van der Waals surface area contributed by atoms with Crippen molar-refractivity contribution in [1.29, 1.82) is 0 Å². The first-order valence-corrected chi connectivity index (χ1v) is 8.55. The first kappa shape index (κ1) is 17.5. The van der Waals surface area contributed by atoms with Crippen LogP contribution in [0.1, 0.15) is 18.4 Å². The molecule has 9 heteroatoms. The Kier molecular flexibility index (Phi) is 5.06. The molecule has 0 saturated carbocycles. The van der Waals surface area contributed by atoms with Crippen molar-refractivity contribution in [3.05, 3.63) is 28.8 Å². The summed E-state index contributed by atoms with van der Waals surface area (Å²) >= 11 is 5.57. The first-order chi connectivity index (χ1) is 10.2. The quantitative estimate of drug-likeness (QED) is 0.905. The molecule has 2 N–H and O–H groups in total. The topological polar surface area (TPSA) is 63.4 Å². The molecule has 0 aliphatic carbocycles. The van der Waals surface area contributed by atoms with E-state index in [2.05, 4.69) is 0 Å². The number of benzene rings is 1. The summed E-state index contributed by atoms with van der Waals surface area (Å²) in [6.45, 7) is 0.789. The first-order valence-electron chi connectivity index (χ1n) is 6.73. The molecule has 1 aromatic carbocycles. The summed E-state index contributed by atoms with van der Waals surface area (Å²) in [5.74, 6) is 0.207. The molecule has 0 radical (unpaired) electrons. The molecular weight excluding hydrogens is 341 g/mol. The van der Waals surface area contributed by atoms with Crippen LogP contribution in [0, 0.1) is 5.92 Å². The fourth-order valence-corrected chi connectivity index (χ4v) is 4.31. The average molecular weight is 357 g/mol. The fraction of sp³-hybridized carbons (Fsp3) is 0.538. The molecular formula is C13H16ClF3N2O2S. The normalized spacial score (nSPS) is 18.6. The molecule has 1 heterocycles. The summed E-state index contributed by atoms with van der Waals surface area (Å²) < 4.78 is 65.4. The van der Waals surface area contributed by atoms with Gasteiger partial charge in [0.1, 0.15) is 0 Å². The molecule has 1 aliphatic heterocycles. The van der Waals surface area contributed by atoms with Crippen molar-refractivity contribution in [3.8, 4) is 0 Å². The second-order valence-corrected chi connectivity index (χ2v) is 7.56. The second kappa shape index (κ2) is 6.35. The van der Waals surface area contributed by atoms with Crippen molar-refractivity contribution in [3.63, 3.8) is 0 Å². The lowest BCUT2D eigenvalue weighted by molar-refractivity contribution is -0.139. The van der Waals surface area contributed by atoms with Gasteiger partial charge in [0, 0.05) is 18.1 Å². The number of hydrogen-bond donors (Lipinski definition) is 1. The van der Waals surface area contributed by atoms with Gasteiger partial charge >= 0.3 is 6.18 Å². The lowest BCUT2D eigenvalue weighted by Gasteiger charge is -2.31. The Labute approximate surface area is 132 Å². The Morgan fingerprint density at radius 3 is 2.36 bits per heavy atom. The van der Waals surface area contributed by atoms with Gasteiger partial charge in [0.25, 0.3) is 0 Å². The highest BCUT2D eigenvalue weighted by Gasteiger charge is 2.40. The van der Waals surface area contributed by atoms with Crippen molar-refractivity contribution in [2.75, 3.05) is 19.6 Å². The lowest BCUT2D eigenvalue weighted by atomic mass is 9.99. The van der Waals surface area contributed by atoms with E-state index in [1.54, 1.807) is 0 Å². The van der Waals surface area contributed by atoms with Crippen molar-refractivity contribution in [2.24, 2.45) is 11.7 Å². The van der Waals surface area contributed by atoms with E-state index in [9.17, 15) is 21.6 Å². The summed E-state index contributed by atoms with van der Waals surface area (Å²) in [7, 11) is -4.21. The van der Waals surface area contributed by atoms with Gasteiger partial charge in [-0.15, -0.1) is 0 Å². The Bertz CT molecular complexity index is 641. The van der Waals surface area contributed by atoms with Gasteiger partial charge < -0.3 is 5.73 Å². The monoisotopic (exact) mass is 356 g/mol.